The van der Waals surface area contributed by atoms with Crippen LogP contribution in [0.2, 0.25) is 0 Å². The van der Waals surface area contributed by atoms with Gasteiger partial charge < -0.3 is 19.5 Å². The lowest BCUT2D eigenvalue weighted by atomic mass is 9.73. The van der Waals surface area contributed by atoms with Crippen molar-refractivity contribution in [2.45, 2.75) is 46.1 Å². The number of nitrogens with one attached hydrogen (secondary N) is 1. The van der Waals surface area contributed by atoms with Gasteiger partial charge in [0.05, 0.1) is 38.7 Å². The van der Waals surface area contributed by atoms with E-state index >= 15 is 0 Å². The molecule has 0 aromatic heterocycles. The Morgan fingerprint density at radius 2 is 1.71 bits per heavy atom. The number of para-hydroxylation sites is 2. The molecule has 0 spiro atoms. The first-order valence-corrected chi connectivity index (χ1v) is 11.5. The zero-order valence-corrected chi connectivity index (χ0v) is 20.7. The zero-order valence-electron chi connectivity index (χ0n) is 20.7. The molecule has 7 nitrogen and oxygen atoms in total. The van der Waals surface area contributed by atoms with Gasteiger partial charge in [-0.05, 0) is 41.7 Å². The number of methoxy groups -OCH3 is 3. The maximum absolute atomic E-state index is 13.7. The molecule has 2 aromatic carbocycles. The summed E-state index contributed by atoms with van der Waals surface area (Å²) < 4.78 is 16.7. The van der Waals surface area contributed by atoms with E-state index in [1.807, 2.05) is 43.3 Å². The van der Waals surface area contributed by atoms with Crippen LogP contribution in [0.3, 0.4) is 0 Å². The number of anilines is 2. The molecule has 1 N–H and O–H groups in total. The number of fused-ring (bicyclic) bond motifs is 1. The SMILES string of the molecule is CCC(=O)N1c2ccccc2NC2=C(C(=O)CC(C)(C)C2)C1c1cc(OC)c(OC)c(OC)c1. The molecule has 2 aromatic rings. The fourth-order valence-electron chi connectivity index (χ4n) is 5.01. The number of ether oxygens (including phenoxy) is 3. The number of carbonyl (C=O) groups excluding carboxylic acids is 2. The van der Waals surface area contributed by atoms with Crippen LogP contribution in [0.25, 0.3) is 0 Å². The third kappa shape index (κ3) is 4.00. The van der Waals surface area contributed by atoms with Crippen LogP contribution in [0.15, 0.2) is 47.7 Å². The van der Waals surface area contributed by atoms with Gasteiger partial charge in [-0.3, -0.25) is 14.5 Å². The van der Waals surface area contributed by atoms with Crippen molar-refractivity contribution in [1.29, 1.82) is 0 Å². The number of ketones is 1. The molecule has 0 bridgehead atoms. The summed E-state index contributed by atoms with van der Waals surface area (Å²) in [4.78, 5) is 28.9. The zero-order chi connectivity index (χ0) is 24.6. The number of hydrogen-bond donors (Lipinski definition) is 1. The quantitative estimate of drug-likeness (QED) is 0.650. The summed E-state index contributed by atoms with van der Waals surface area (Å²) in [6.45, 7) is 6.02. The molecular weight excluding hydrogens is 432 g/mol. The van der Waals surface area contributed by atoms with Gasteiger partial charge in [0, 0.05) is 24.1 Å². The largest absolute Gasteiger partial charge is 0.493 e. The second-order valence-electron chi connectivity index (χ2n) is 9.45. The van der Waals surface area contributed by atoms with Crippen LogP contribution in [-0.4, -0.2) is 33.0 Å². The van der Waals surface area contributed by atoms with Gasteiger partial charge in [0.1, 0.15) is 0 Å². The number of amides is 1. The first-order valence-electron chi connectivity index (χ1n) is 11.5. The van der Waals surface area contributed by atoms with E-state index in [-0.39, 0.29) is 23.5 Å². The van der Waals surface area contributed by atoms with Crippen molar-refractivity contribution in [2.75, 3.05) is 31.5 Å². The highest BCUT2D eigenvalue weighted by Gasteiger charge is 2.43. The Morgan fingerprint density at radius 1 is 1.06 bits per heavy atom. The average molecular weight is 465 g/mol. The second-order valence-corrected chi connectivity index (χ2v) is 9.45. The summed E-state index contributed by atoms with van der Waals surface area (Å²) in [6, 6.07) is 10.7. The molecule has 0 radical (unpaired) electrons. The summed E-state index contributed by atoms with van der Waals surface area (Å²) in [5.41, 5.74) is 3.51. The number of hydrogen-bond acceptors (Lipinski definition) is 6. The van der Waals surface area contributed by atoms with E-state index in [4.69, 9.17) is 14.2 Å². The Kier molecular flexibility index (Phi) is 6.30. The van der Waals surface area contributed by atoms with Gasteiger partial charge >= 0.3 is 0 Å². The van der Waals surface area contributed by atoms with Gasteiger partial charge in [0.2, 0.25) is 11.7 Å². The molecule has 1 aliphatic heterocycles. The van der Waals surface area contributed by atoms with Crippen LogP contribution < -0.4 is 24.4 Å². The highest BCUT2D eigenvalue weighted by Crippen LogP contribution is 2.50. The van der Waals surface area contributed by atoms with E-state index in [0.29, 0.717) is 35.7 Å². The van der Waals surface area contributed by atoms with Crippen molar-refractivity contribution in [2.24, 2.45) is 5.41 Å². The molecule has 1 unspecified atom stereocenters. The first kappa shape index (κ1) is 23.7. The Balaban J connectivity index is 2.06. The van der Waals surface area contributed by atoms with Crippen molar-refractivity contribution in [1.82, 2.24) is 0 Å². The van der Waals surface area contributed by atoms with Crippen molar-refractivity contribution < 1.29 is 23.8 Å². The molecule has 34 heavy (non-hydrogen) atoms. The van der Waals surface area contributed by atoms with Crippen molar-refractivity contribution >= 4 is 23.1 Å². The average Bonchev–Trinajstić information content (AvgIpc) is 2.96. The number of nitrogens with zero attached hydrogens (tertiary/aromatic N) is 1. The Morgan fingerprint density at radius 3 is 2.29 bits per heavy atom. The van der Waals surface area contributed by atoms with Gasteiger partial charge in [-0.1, -0.05) is 32.9 Å². The van der Waals surface area contributed by atoms with Crippen LogP contribution in [0.1, 0.15) is 51.6 Å². The van der Waals surface area contributed by atoms with Crippen LogP contribution in [-0.2, 0) is 9.59 Å². The van der Waals surface area contributed by atoms with E-state index in [1.54, 1.807) is 26.2 Å². The molecular formula is C27H32N2O5. The van der Waals surface area contributed by atoms with E-state index in [1.165, 1.54) is 0 Å². The smallest absolute Gasteiger partial charge is 0.227 e. The maximum Gasteiger partial charge on any atom is 0.227 e. The lowest BCUT2D eigenvalue weighted by molar-refractivity contribution is -0.119. The molecule has 1 amide bonds. The van der Waals surface area contributed by atoms with E-state index in [9.17, 15) is 9.59 Å². The van der Waals surface area contributed by atoms with Crippen molar-refractivity contribution in [3.63, 3.8) is 0 Å². The summed E-state index contributed by atoms with van der Waals surface area (Å²) in [7, 11) is 4.66. The van der Waals surface area contributed by atoms with Gasteiger partial charge in [-0.25, -0.2) is 0 Å². The predicted molar refractivity (Wildman–Crippen MR) is 132 cm³/mol. The molecule has 0 fully saturated rings. The highest BCUT2D eigenvalue weighted by molar-refractivity contribution is 6.06. The summed E-state index contributed by atoms with van der Waals surface area (Å²) >= 11 is 0. The van der Waals surface area contributed by atoms with Crippen LogP contribution in [0, 0.1) is 5.41 Å². The Labute approximate surface area is 200 Å². The maximum atomic E-state index is 13.7. The number of rotatable bonds is 5. The first-order chi connectivity index (χ1) is 16.2. The molecule has 1 atom stereocenters. The summed E-state index contributed by atoms with van der Waals surface area (Å²) in [5.74, 6) is 1.34. The molecule has 2 aliphatic rings. The van der Waals surface area contributed by atoms with Crippen LogP contribution in [0.5, 0.6) is 17.2 Å². The normalized spacial score (nSPS) is 18.9. The fraction of sp³-hybridized carbons (Fsp3) is 0.407. The fourth-order valence-corrected chi connectivity index (χ4v) is 5.01. The topological polar surface area (TPSA) is 77.1 Å². The lowest BCUT2D eigenvalue weighted by Gasteiger charge is -2.37. The molecule has 180 valence electrons. The molecule has 7 heteroatoms. The summed E-state index contributed by atoms with van der Waals surface area (Å²) in [5, 5.41) is 3.51. The predicted octanol–water partition coefficient (Wildman–Crippen LogP) is 5.27. The molecule has 0 saturated heterocycles. The van der Waals surface area contributed by atoms with E-state index in [0.717, 1.165) is 22.6 Å². The molecule has 0 saturated carbocycles. The van der Waals surface area contributed by atoms with E-state index in [2.05, 4.69) is 19.2 Å². The number of allylic oxidation sites excluding steroid dienone is 1. The third-order valence-corrected chi connectivity index (χ3v) is 6.47. The van der Waals surface area contributed by atoms with Gasteiger partial charge in [0.15, 0.2) is 17.3 Å². The van der Waals surface area contributed by atoms with Gasteiger partial charge in [-0.2, -0.15) is 0 Å². The van der Waals surface area contributed by atoms with Gasteiger partial charge in [0.25, 0.3) is 0 Å². The number of Topliss-reactive ketones (excluding diaryl/α,β-unsaturated/α-hetero) is 1. The minimum Gasteiger partial charge on any atom is -0.493 e. The Bertz CT molecular complexity index is 1140. The monoisotopic (exact) mass is 464 g/mol. The molecule has 1 aliphatic carbocycles. The number of carbonyl (C=O) groups is 2. The lowest BCUT2D eigenvalue weighted by Crippen LogP contribution is -2.39. The van der Waals surface area contributed by atoms with Crippen LogP contribution >= 0.6 is 0 Å². The minimum atomic E-state index is -0.643. The molecule has 4 rings (SSSR count). The minimum absolute atomic E-state index is 0.0270. The van der Waals surface area contributed by atoms with Gasteiger partial charge in [-0.15, -0.1) is 0 Å². The van der Waals surface area contributed by atoms with Crippen molar-refractivity contribution in [3.8, 4) is 17.2 Å². The summed E-state index contributed by atoms with van der Waals surface area (Å²) in [6.07, 6.45) is 1.38. The van der Waals surface area contributed by atoms with E-state index < -0.39 is 6.04 Å². The van der Waals surface area contributed by atoms with Crippen LogP contribution in [0.4, 0.5) is 11.4 Å². The Hall–Kier alpha value is -3.48. The standard InChI is InChI=1S/C27H32N2O5/c1-7-23(31)29-19-11-9-8-10-17(19)28-18-14-27(2,3)15-20(30)24(18)25(29)16-12-21(32-4)26(34-6)22(13-16)33-5/h8-13,25,28H,7,14-15H2,1-6H3. The highest BCUT2D eigenvalue weighted by atomic mass is 16.5. The number of benzene rings is 2. The molecule has 1 heterocycles. The second kappa shape index (κ2) is 9.05. The van der Waals surface area contributed by atoms with Crippen molar-refractivity contribution in [3.05, 3.63) is 53.2 Å². The third-order valence-electron chi connectivity index (χ3n) is 6.47.